The van der Waals surface area contributed by atoms with Crippen LogP contribution in [0.25, 0.3) is 0 Å². The lowest BCUT2D eigenvalue weighted by molar-refractivity contribution is 0.0578. The average Bonchev–Trinajstić information content (AvgIpc) is 3.15. The smallest absolute Gasteiger partial charge is 0.151 e. The first-order valence-electron chi connectivity index (χ1n) is 8.18. The van der Waals surface area contributed by atoms with Gasteiger partial charge in [-0.1, -0.05) is 0 Å². The summed E-state index contributed by atoms with van der Waals surface area (Å²) in [5.41, 5.74) is 2.17. The first kappa shape index (κ1) is 14.7. The molecule has 2 saturated heterocycles. The molecular weight excluding hydrogens is 292 g/mol. The van der Waals surface area contributed by atoms with Crippen LogP contribution in [0.5, 0.6) is 0 Å². The molecular formula is C17H22N4O2. The van der Waals surface area contributed by atoms with Crippen LogP contribution in [0.3, 0.4) is 0 Å². The number of furan rings is 1. The number of hydrogen-bond acceptors (Lipinski definition) is 6. The monoisotopic (exact) mass is 314 g/mol. The highest BCUT2D eigenvalue weighted by atomic mass is 16.5. The third kappa shape index (κ3) is 3.23. The highest BCUT2D eigenvalue weighted by molar-refractivity contribution is 5.39. The van der Waals surface area contributed by atoms with Gasteiger partial charge in [0.05, 0.1) is 30.9 Å². The predicted octanol–water partition coefficient (Wildman–Crippen LogP) is 1.72. The van der Waals surface area contributed by atoms with Gasteiger partial charge in [-0.3, -0.25) is 4.90 Å². The van der Waals surface area contributed by atoms with Crippen molar-refractivity contribution in [3.63, 3.8) is 0 Å². The fourth-order valence-electron chi connectivity index (χ4n) is 3.49. The van der Waals surface area contributed by atoms with E-state index in [4.69, 9.17) is 9.15 Å². The molecule has 0 N–H and O–H groups in total. The minimum absolute atomic E-state index is 0.285. The Labute approximate surface area is 136 Å². The number of hydrogen-bond donors (Lipinski definition) is 0. The Morgan fingerprint density at radius 3 is 2.91 bits per heavy atom. The Morgan fingerprint density at radius 2 is 2.13 bits per heavy atom. The second kappa shape index (κ2) is 6.29. The molecule has 0 saturated carbocycles. The Bertz CT molecular complexity index is 629. The van der Waals surface area contributed by atoms with Gasteiger partial charge in [0.2, 0.25) is 0 Å². The molecule has 2 fully saturated rings. The molecule has 0 bridgehead atoms. The quantitative estimate of drug-likeness (QED) is 0.860. The van der Waals surface area contributed by atoms with Crippen LogP contribution in [0, 0.1) is 12.8 Å². The molecule has 0 aliphatic carbocycles. The van der Waals surface area contributed by atoms with Gasteiger partial charge in [0.1, 0.15) is 0 Å². The molecule has 2 aliphatic heterocycles. The van der Waals surface area contributed by atoms with Crippen molar-refractivity contribution in [1.29, 1.82) is 0 Å². The first-order valence-corrected chi connectivity index (χ1v) is 8.18. The highest BCUT2D eigenvalue weighted by Gasteiger charge is 2.37. The van der Waals surface area contributed by atoms with Crippen LogP contribution in [-0.2, 0) is 11.3 Å². The minimum atomic E-state index is 0.285. The first-order chi connectivity index (χ1) is 11.3. The lowest BCUT2D eigenvalue weighted by Crippen LogP contribution is -2.32. The molecule has 6 heteroatoms. The van der Waals surface area contributed by atoms with Gasteiger partial charge in [-0.2, -0.15) is 5.10 Å². The van der Waals surface area contributed by atoms with Gasteiger partial charge in [0.15, 0.2) is 5.82 Å². The molecule has 0 spiro atoms. The van der Waals surface area contributed by atoms with Gasteiger partial charge in [-0.15, -0.1) is 5.10 Å². The summed E-state index contributed by atoms with van der Waals surface area (Å²) in [4.78, 5) is 4.75. The minimum Gasteiger partial charge on any atom is -0.472 e. The zero-order valence-corrected chi connectivity index (χ0v) is 13.4. The topological polar surface area (TPSA) is 54.6 Å². The largest absolute Gasteiger partial charge is 0.472 e. The number of fused-ring (bicyclic) bond motifs is 1. The number of rotatable bonds is 3. The zero-order chi connectivity index (χ0) is 15.6. The summed E-state index contributed by atoms with van der Waals surface area (Å²) in [5.74, 6) is 1.46. The number of ether oxygens (including phenoxy) is 1. The van der Waals surface area contributed by atoms with Gasteiger partial charge < -0.3 is 14.1 Å². The van der Waals surface area contributed by atoms with E-state index in [1.165, 1.54) is 5.56 Å². The summed E-state index contributed by atoms with van der Waals surface area (Å²) in [6.07, 6.45) is 3.85. The van der Waals surface area contributed by atoms with E-state index in [0.29, 0.717) is 5.92 Å². The van der Waals surface area contributed by atoms with Crippen molar-refractivity contribution >= 4 is 5.82 Å². The van der Waals surface area contributed by atoms with Crippen molar-refractivity contribution in [2.75, 3.05) is 37.7 Å². The van der Waals surface area contributed by atoms with E-state index < -0.39 is 0 Å². The highest BCUT2D eigenvalue weighted by Crippen LogP contribution is 2.27. The molecule has 4 rings (SSSR count). The fraction of sp³-hybridized carbons (Fsp3) is 0.529. The fourth-order valence-corrected chi connectivity index (χ4v) is 3.49. The SMILES string of the molecule is Cc1ccc(N2C[C@H]3CN(Cc4ccoc4)CCO[C@H]3C2)nn1. The van der Waals surface area contributed by atoms with Gasteiger partial charge in [-0.05, 0) is 25.1 Å². The van der Waals surface area contributed by atoms with Gasteiger partial charge >= 0.3 is 0 Å². The summed E-state index contributed by atoms with van der Waals surface area (Å²) in [6.45, 7) is 7.57. The molecule has 0 aromatic carbocycles. The van der Waals surface area contributed by atoms with Crippen LogP contribution >= 0.6 is 0 Å². The number of aryl methyl sites for hydroxylation is 1. The Morgan fingerprint density at radius 1 is 1.17 bits per heavy atom. The van der Waals surface area contributed by atoms with Crippen molar-refractivity contribution in [2.24, 2.45) is 5.92 Å². The molecule has 4 heterocycles. The van der Waals surface area contributed by atoms with Gasteiger partial charge in [0.25, 0.3) is 0 Å². The van der Waals surface area contributed by atoms with Crippen molar-refractivity contribution in [1.82, 2.24) is 15.1 Å². The normalized spacial score (nSPS) is 25.3. The molecule has 0 amide bonds. The van der Waals surface area contributed by atoms with Crippen LogP contribution in [0.4, 0.5) is 5.82 Å². The predicted molar refractivity (Wildman–Crippen MR) is 86.2 cm³/mol. The van der Waals surface area contributed by atoms with E-state index in [1.54, 1.807) is 6.26 Å². The number of anilines is 1. The van der Waals surface area contributed by atoms with Crippen LogP contribution < -0.4 is 4.90 Å². The standard InChI is InChI=1S/C17H22N4O2/c1-13-2-3-17(19-18-13)21-10-15-9-20(5-7-23-16(15)11-21)8-14-4-6-22-12-14/h2-4,6,12,15-16H,5,7-11H2,1H3/t15-,16+/m1/s1. The average molecular weight is 314 g/mol. The third-order valence-corrected chi connectivity index (χ3v) is 4.71. The second-order valence-corrected chi connectivity index (χ2v) is 6.47. The maximum atomic E-state index is 6.10. The molecule has 0 unspecified atom stereocenters. The molecule has 122 valence electrons. The van der Waals surface area contributed by atoms with E-state index in [1.807, 2.05) is 25.3 Å². The van der Waals surface area contributed by atoms with Crippen molar-refractivity contribution in [2.45, 2.75) is 19.6 Å². The summed E-state index contributed by atoms with van der Waals surface area (Å²) >= 11 is 0. The summed E-state index contributed by atoms with van der Waals surface area (Å²) < 4.78 is 11.3. The molecule has 0 radical (unpaired) electrons. The Balaban J connectivity index is 1.43. The molecule has 2 aromatic rings. The maximum absolute atomic E-state index is 6.10. The van der Waals surface area contributed by atoms with Crippen LogP contribution in [-0.4, -0.2) is 54.0 Å². The number of nitrogens with zero attached hydrogens (tertiary/aromatic N) is 4. The Hall–Kier alpha value is -1.92. The van der Waals surface area contributed by atoms with E-state index in [2.05, 4.69) is 26.1 Å². The van der Waals surface area contributed by atoms with Crippen molar-refractivity contribution < 1.29 is 9.15 Å². The summed E-state index contributed by atoms with van der Waals surface area (Å²) in [5, 5.41) is 8.49. The van der Waals surface area contributed by atoms with Crippen molar-refractivity contribution in [3.05, 3.63) is 42.0 Å². The van der Waals surface area contributed by atoms with Gasteiger partial charge in [-0.25, -0.2) is 0 Å². The zero-order valence-electron chi connectivity index (χ0n) is 13.4. The summed E-state index contributed by atoms with van der Waals surface area (Å²) in [6, 6.07) is 6.10. The lowest BCUT2D eigenvalue weighted by Gasteiger charge is -2.23. The van der Waals surface area contributed by atoms with Crippen LogP contribution in [0.15, 0.2) is 35.1 Å². The van der Waals surface area contributed by atoms with E-state index in [-0.39, 0.29) is 6.10 Å². The number of aromatic nitrogens is 2. The maximum Gasteiger partial charge on any atom is 0.151 e. The molecule has 23 heavy (non-hydrogen) atoms. The van der Waals surface area contributed by atoms with Crippen LogP contribution in [0.1, 0.15) is 11.3 Å². The van der Waals surface area contributed by atoms with Crippen molar-refractivity contribution in [3.8, 4) is 0 Å². The lowest BCUT2D eigenvalue weighted by atomic mass is 10.1. The Kier molecular flexibility index (Phi) is 4.01. The third-order valence-electron chi connectivity index (χ3n) is 4.71. The molecule has 2 atom stereocenters. The van der Waals surface area contributed by atoms with Crippen LogP contribution in [0.2, 0.25) is 0 Å². The summed E-state index contributed by atoms with van der Waals surface area (Å²) in [7, 11) is 0. The van der Waals surface area contributed by atoms with E-state index >= 15 is 0 Å². The van der Waals surface area contributed by atoms with Gasteiger partial charge in [0, 0.05) is 44.2 Å². The van der Waals surface area contributed by atoms with E-state index in [0.717, 1.165) is 50.8 Å². The van der Waals surface area contributed by atoms with E-state index in [9.17, 15) is 0 Å². The second-order valence-electron chi connectivity index (χ2n) is 6.47. The molecule has 2 aliphatic rings. The molecule has 2 aromatic heterocycles. The molecule has 6 nitrogen and oxygen atoms in total.